The van der Waals surface area contributed by atoms with Gasteiger partial charge >= 0.3 is 0 Å². The fourth-order valence-corrected chi connectivity index (χ4v) is 1.55. The van der Waals surface area contributed by atoms with E-state index < -0.39 is 0 Å². The molecule has 1 unspecified atom stereocenters. The number of hydrogen-bond acceptors (Lipinski definition) is 1. The molecule has 3 heteroatoms. The summed E-state index contributed by atoms with van der Waals surface area (Å²) in [5.41, 5.74) is 2.64. The van der Waals surface area contributed by atoms with Crippen LogP contribution in [0.5, 0.6) is 0 Å². The van der Waals surface area contributed by atoms with Crippen LogP contribution in [0, 0.1) is 5.92 Å². The van der Waals surface area contributed by atoms with Crippen LogP contribution in [0.15, 0.2) is 11.1 Å². The molecule has 1 atom stereocenters. The number of carbonyl (C=O) groups is 1. The van der Waals surface area contributed by atoms with Crippen LogP contribution in [-0.2, 0) is 4.79 Å². The lowest BCUT2D eigenvalue weighted by atomic mass is 9.92. The molecular weight excluding hydrogens is 174 g/mol. The topological polar surface area (TPSA) is 29.1 Å². The smallest absolute Gasteiger partial charge is 0.223 e. The van der Waals surface area contributed by atoms with Crippen LogP contribution in [0.1, 0.15) is 26.2 Å². The van der Waals surface area contributed by atoms with Crippen molar-refractivity contribution in [2.24, 2.45) is 5.92 Å². The van der Waals surface area contributed by atoms with Crippen molar-refractivity contribution in [1.82, 2.24) is 5.32 Å². The minimum Gasteiger partial charge on any atom is -0.356 e. The van der Waals surface area contributed by atoms with Gasteiger partial charge in [0.25, 0.3) is 0 Å². The minimum absolute atomic E-state index is 0.147. The van der Waals surface area contributed by atoms with Crippen molar-refractivity contribution >= 4 is 17.5 Å². The van der Waals surface area contributed by atoms with Crippen LogP contribution in [0.4, 0.5) is 0 Å². The zero-order valence-electron chi connectivity index (χ0n) is 7.27. The van der Waals surface area contributed by atoms with Crippen molar-refractivity contribution in [1.29, 1.82) is 0 Å². The lowest BCUT2D eigenvalue weighted by molar-refractivity contribution is -0.126. The first-order valence-electron chi connectivity index (χ1n) is 4.27. The molecule has 1 saturated heterocycles. The summed E-state index contributed by atoms with van der Waals surface area (Å²) >= 11 is 5.53. The van der Waals surface area contributed by atoms with E-state index >= 15 is 0 Å². The maximum Gasteiger partial charge on any atom is 0.223 e. The van der Waals surface area contributed by atoms with Crippen molar-refractivity contribution in [3.8, 4) is 0 Å². The predicted molar refractivity (Wildman–Crippen MR) is 50.0 cm³/mol. The van der Waals surface area contributed by atoms with Crippen LogP contribution in [0.3, 0.4) is 0 Å². The molecule has 1 fully saturated rings. The van der Waals surface area contributed by atoms with E-state index in [9.17, 15) is 4.79 Å². The number of carbonyl (C=O) groups excluding carboxylic acids is 1. The highest BCUT2D eigenvalue weighted by Gasteiger charge is 2.21. The lowest BCUT2D eigenvalue weighted by Gasteiger charge is -2.21. The van der Waals surface area contributed by atoms with Gasteiger partial charge in [0, 0.05) is 18.0 Å². The van der Waals surface area contributed by atoms with Gasteiger partial charge in [0.1, 0.15) is 0 Å². The Kier molecular flexibility index (Phi) is 3.60. The molecule has 0 aromatic carbocycles. The van der Waals surface area contributed by atoms with Gasteiger partial charge in [-0.05, 0) is 26.2 Å². The second-order valence-electron chi connectivity index (χ2n) is 3.29. The van der Waals surface area contributed by atoms with E-state index in [1.165, 1.54) is 0 Å². The monoisotopic (exact) mass is 187 g/mol. The summed E-state index contributed by atoms with van der Waals surface area (Å²) in [5.74, 6) is 0.327. The van der Waals surface area contributed by atoms with Crippen molar-refractivity contribution < 1.29 is 4.79 Å². The molecule has 2 nitrogen and oxygen atoms in total. The van der Waals surface area contributed by atoms with Crippen molar-refractivity contribution in [2.75, 3.05) is 6.54 Å². The highest BCUT2D eigenvalue weighted by Crippen LogP contribution is 2.19. The second-order valence-corrected chi connectivity index (χ2v) is 3.51. The maximum atomic E-state index is 11.3. The molecule has 0 aromatic rings. The van der Waals surface area contributed by atoms with Gasteiger partial charge in [-0.15, -0.1) is 0 Å². The van der Waals surface area contributed by atoms with E-state index in [4.69, 9.17) is 11.6 Å². The summed E-state index contributed by atoms with van der Waals surface area (Å²) in [6.07, 6.45) is 2.88. The van der Waals surface area contributed by atoms with Gasteiger partial charge in [-0.25, -0.2) is 0 Å². The summed E-state index contributed by atoms with van der Waals surface area (Å²) in [4.78, 5) is 11.3. The zero-order chi connectivity index (χ0) is 8.97. The Morgan fingerprint density at radius 1 is 1.83 bits per heavy atom. The molecule has 68 valence electrons. The lowest BCUT2D eigenvalue weighted by Crippen LogP contribution is -2.36. The first kappa shape index (κ1) is 9.59. The molecule has 0 aromatic heterocycles. The van der Waals surface area contributed by atoms with Gasteiger partial charge < -0.3 is 5.32 Å². The third-order valence-corrected chi connectivity index (χ3v) is 2.53. The molecule has 0 aliphatic carbocycles. The molecule has 1 heterocycles. The van der Waals surface area contributed by atoms with Crippen LogP contribution in [0.2, 0.25) is 0 Å². The predicted octanol–water partition coefficient (Wildman–Crippen LogP) is 2.05. The fraction of sp³-hybridized carbons (Fsp3) is 0.667. The molecular formula is C9H14ClNO. The molecule has 12 heavy (non-hydrogen) atoms. The van der Waals surface area contributed by atoms with Crippen molar-refractivity contribution in [2.45, 2.75) is 26.2 Å². The largest absolute Gasteiger partial charge is 0.356 e. The van der Waals surface area contributed by atoms with E-state index in [0.29, 0.717) is 0 Å². The normalized spacial score (nSPS) is 25.3. The first-order chi connectivity index (χ1) is 5.74. The van der Waals surface area contributed by atoms with E-state index in [0.717, 1.165) is 31.4 Å². The van der Waals surface area contributed by atoms with E-state index in [1.807, 2.05) is 6.92 Å². The summed E-state index contributed by atoms with van der Waals surface area (Å²) in [6.45, 7) is 2.79. The molecule has 1 amide bonds. The van der Waals surface area contributed by atoms with Gasteiger partial charge in [-0.3, -0.25) is 4.79 Å². The van der Waals surface area contributed by atoms with Gasteiger partial charge in [0.15, 0.2) is 0 Å². The fourth-order valence-electron chi connectivity index (χ4n) is 1.46. The third-order valence-electron chi connectivity index (χ3n) is 2.15. The Hall–Kier alpha value is -0.500. The zero-order valence-corrected chi connectivity index (χ0v) is 8.03. The molecule has 0 spiro atoms. The quantitative estimate of drug-likeness (QED) is 0.705. The average Bonchev–Trinajstić information content (AvgIpc) is 2.09. The highest BCUT2D eigenvalue weighted by molar-refractivity contribution is 6.25. The van der Waals surface area contributed by atoms with E-state index in [2.05, 4.69) is 5.32 Å². The van der Waals surface area contributed by atoms with E-state index in [-0.39, 0.29) is 11.8 Å². The SMILES string of the molecule is CC(=CCl)CC1CCCNC1=O. The summed E-state index contributed by atoms with van der Waals surface area (Å²) < 4.78 is 0. The molecule has 1 aliphatic rings. The Bertz CT molecular complexity index is 201. The number of halogens is 1. The third kappa shape index (κ3) is 2.52. The molecule has 0 radical (unpaired) electrons. The minimum atomic E-state index is 0.147. The average molecular weight is 188 g/mol. The number of rotatable bonds is 2. The number of amides is 1. The summed E-state index contributed by atoms with van der Waals surface area (Å²) in [6, 6.07) is 0. The van der Waals surface area contributed by atoms with Crippen LogP contribution < -0.4 is 5.32 Å². The molecule has 0 saturated carbocycles. The second kappa shape index (κ2) is 4.51. The van der Waals surface area contributed by atoms with Gasteiger partial charge in [0.05, 0.1) is 0 Å². The summed E-state index contributed by atoms with van der Waals surface area (Å²) in [7, 11) is 0. The van der Waals surface area contributed by atoms with Gasteiger partial charge in [-0.2, -0.15) is 0 Å². The summed E-state index contributed by atoms with van der Waals surface area (Å²) in [5, 5.41) is 2.85. The number of piperidine rings is 1. The molecule has 1 aliphatic heterocycles. The number of hydrogen-bond donors (Lipinski definition) is 1. The number of allylic oxidation sites excluding steroid dienone is 1. The Labute approximate surface area is 78.0 Å². The van der Waals surface area contributed by atoms with Gasteiger partial charge in [-0.1, -0.05) is 17.2 Å². The standard InChI is InChI=1S/C9H14ClNO/c1-7(6-10)5-8-3-2-4-11-9(8)12/h6,8H,2-5H2,1H3,(H,11,12). The molecule has 0 bridgehead atoms. The van der Waals surface area contributed by atoms with E-state index in [1.54, 1.807) is 5.54 Å². The van der Waals surface area contributed by atoms with Crippen LogP contribution >= 0.6 is 11.6 Å². The maximum absolute atomic E-state index is 11.3. The number of nitrogens with one attached hydrogen (secondary N) is 1. The molecule has 1 rings (SSSR count). The Balaban J connectivity index is 2.44. The highest BCUT2D eigenvalue weighted by atomic mass is 35.5. The Morgan fingerprint density at radius 3 is 3.17 bits per heavy atom. The molecule has 1 N–H and O–H groups in total. The van der Waals surface area contributed by atoms with Gasteiger partial charge in [0.2, 0.25) is 5.91 Å². The van der Waals surface area contributed by atoms with Crippen LogP contribution in [0.25, 0.3) is 0 Å². The van der Waals surface area contributed by atoms with Crippen LogP contribution in [-0.4, -0.2) is 12.5 Å². The van der Waals surface area contributed by atoms with Crippen molar-refractivity contribution in [3.63, 3.8) is 0 Å². The Morgan fingerprint density at radius 2 is 2.58 bits per heavy atom. The first-order valence-corrected chi connectivity index (χ1v) is 4.71. The van der Waals surface area contributed by atoms with Crippen molar-refractivity contribution in [3.05, 3.63) is 11.1 Å².